The number of hydrogen-bond donors (Lipinski definition) is 0. The van der Waals surface area contributed by atoms with Crippen LogP contribution in [0, 0.1) is 0 Å². The van der Waals surface area contributed by atoms with E-state index in [1.807, 2.05) is 0 Å². The average Bonchev–Trinajstić information content (AvgIpc) is 2.42. The number of carbonyl (C=O) groups excluding carboxylic acids is 3. The van der Waals surface area contributed by atoms with Crippen molar-refractivity contribution in [2.24, 2.45) is 0 Å². The van der Waals surface area contributed by atoms with Gasteiger partial charge in [0, 0.05) is 6.42 Å². The molecule has 0 amide bonds. The van der Waals surface area contributed by atoms with Crippen LogP contribution in [0.1, 0.15) is 27.2 Å². The first-order valence-electron chi connectivity index (χ1n) is 6.12. The summed E-state index contributed by atoms with van der Waals surface area (Å²) >= 11 is 0. The van der Waals surface area contributed by atoms with Crippen LogP contribution >= 0.6 is 0 Å². The molecule has 0 spiro atoms. The zero-order chi connectivity index (χ0) is 15.5. The van der Waals surface area contributed by atoms with Gasteiger partial charge in [0.05, 0.1) is 7.11 Å². The van der Waals surface area contributed by atoms with Crippen molar-refractivity contribution in [3.63, 3.8) is 0 Å². The van der Waals surface area contributed by atoms with E-state index in [2.05, 4.69) is 9.47 Å². The summed E-state index contributed by atoms with van der Waals surface area (Å²) in [6.45, 7) is 4.50. The summed E-state index contributed by atoms with van der Waals surface area (Å²) in [6.07, 6.45) is -2.80. The molecule has 8 heteroatoms. The lowest BCUT2D eigenvalue weighted by atomic mass is 10.4. The molecule has 8 nitrogen and oxygen atoms in total. The van der Waals surface area contributed by atoms with Crippen LogP contribution in [0.4, 0.5) is 9.59 Å². The van der Waals surface area contributed by atoms with Gasteiger partial charge in [-0.3, -0.25) is 4.79 Å². The van der Waals surface area contributed by atoms with Crippen molar-refractivity contribution in [1.82, 2.24) is 0 Å². The predicted octanol–water partition coefficient (Wildman–Crippen LogP) is 1.65. The molecule has 0 N–H and O–H groups in total. The molecule has 0 radical (unpaired) electrons. The van der Waals surface area contributed by atoms with Crippen LogP contribution < -0.4 is 0 Å². The lowest BCUT2D eigenvalue weighted by Crippen LogP contribution is -2.26. The van der Waals surface area contributed by atoms with Crippen molar-refractivity contribution in [2.45, 2.75) is 39.4 Å². The molecular weight excluding hydrogens is 272 g/mol. The second kappa shape index (κ2) is 9.88. The topological polar surface area (TPSA) is 97.4 Å². The van der Waals surface area contributed by atoms with Gasteiger partial charge in [-0.25, -0.2) is 9.59 Å². The molecule has 0 saturated carbocycles. The van der Waals surface area contributed by atoms with Gasteiger partial charge in [-0.15, -0.1) is 0 Å². The summed E-state index contributed by atoms with van der Waals surface area (Å²) in [5.41, 5.74) is 0. The quantitative estimate of drug-likeness (QED) is 0.516. The largest absolute Gasteiger partial charge is 0.508 e. The van der Waals surface area contributed by atoms with Gasteiger partial charge < -0.3 is 23.7 Å². The fraction of sp³-hybridized carbons (Fsp3) is 0.750. The van der Waals surface area contributed by atoms with Crippen LogP contribution in [0.3, 0.4) is 0 Å². The summed E-state index contributed by atoms with van der Waals surface area (Å²) in [4.78, 5) is 32.9. The first-order valence-corrected chi connectivity index (χ1v) is 6.12. The van der Waals surface area contributed by atoms with Crippen LogP contribution in [-0.4, -0.2) is 50.8 Å². The van der Waals surface area contributed by atoms with E-state index in [-0.39, 0.29) is 25.6 Å². The Morgan fingerprint density at radius 2 is 1.40 bits per heavy atom. The highest BCUT2D eigenvalue weighted by Crippen LogP contribution is 2.00. The number of methoxy groups -OCH3 is 1. The predicted molar refractivity (Wildman–Crippen MR) is 66.1 cm³/mol. The monoisotopic (exact) mass is 292 g/mol. The molecule has 0 rings (SSSR count). The Morgan fingerprint density at radius 3 is 1.90 bits per heavy atom. The van der Waals surface area contributed by atoms with Gasteiger partial charge >= 0.3 is 18.3 Å². The van der Waals surface area contributed by atoms with Gasteiger partial charge in [0.25, 0.3) is 0 Å². The SMILES string of the molecule is CCC(=O)OC(C)COC(=O)OC(C)COC(=O)OC. The molecule has 0 aliphatic heterocycles. The maximum atomic E-state index is 11.3. The third-order valence-corrected chi connectivity index (χ3v) is 1.96. The van der Waals surface area contributed by atoms with Crippen molar-refractivity contribution >= 4 is 18.3 Å². The molecule has 0 aromatic rings. The van der Waals surface area contributed by atoms with Crippen molar-refractivity contribution in [1.29, 1.82) is 0 Å². The van der Waals surface area contributed by atoms with Crippen LogP contribution in [0.5, 0.6) is 0 Å². The molecule has 0 aromatic carbocycles. The summed E-state index contributed by atoms with van der Waals surface area (Å²) in [5, 5.41) is 0. The number of hydrogen-bond acceptors (Lipinski definition) is 8. The highest BCUT2D eigenvalue weighted by atomic mass is 16.8. The summed E-state index contributed by atoms with van der Waals surface area (Å²) in [7, 11) is 1.17. The van der Waals surface area contributed by atoms with Crippen molar-refractivity contribution in [3.8, 4) is 0 Å². The summed E-state index contributed by atoms with van der Waals surface area (Å²) in [6, 6.07) is 0. The molecule has 0 bridgehead atoms. The Labute approximate surface area is 117 Å². The van der Waals surface area contributed by atoms with E-state index in [0.717, 1.165) is 0 Å². The molecule has 0 heterocycles. The zero-order valence-corrected chi connectivity index (χ0v) is 12.0. The Kier molecular flexibility index (Phi) is 8.89. The van der Waals surface area contributed by atoms with Gasteiger partial charge in [-0.05, 0) is 13.8 Å². The van der Waals surface area contributed by atoms with Crippen LogP contribution in [0.2, 0.25) is 0 Å². The Bertz CT molecular complexity index is 327. The van der Waals surface area contributed by atoms with Gasteiger partial charge in [0.15, 0.2) is 0 Å². The van der Waals surface area contributed by atoms with Gasteiger partial charge in [-0.2, -0.15) is 0 Å². The minimum Gasteiger partial charge on any atom is -0.459 e. The Balaban J connectivity index is 3.81. The number of esters is 1. The third kappa shape index (κ3) is 9.01. The second-order valence-electron chi connectivity index (χ2n) is 3.91. The minimum atomic E-state index is -0.939. The van der Waals surface area contributed by atoms with E-state index in [0.29, 0.717) is 0 Å². The first kappa shape index (κ1) is 18.0. The molecule has 0 aliphatic rings. The van der Waals surface area contributed by atoms with Crippen LogP contribution in [-0.2, 0) is 28.5 Å². The van der Waals surface area contributed by atoms with Crippen molar-refractivity contribution < 1.29 is 38.1 Å². The fourth-order valence-electron chi connectivity index (χ4n) is 1.00. The maximum absolute atomic E-state index is 11.3. The van der Waals surface area contributed by atoms with E-state index >= 15 is 0 Å². The van der Waals surface area contributed by atoms with Crippen molar-refractivity contribution in [2.75, 3.05) is 20.3 Å². The molecule has 2 unspecified atom stereocenters. The molecule has 0 fully saturated rings. The van der Waals surface area contributed by atoms with E-state index in [1.165, 1.54) is 14.0 Å². The minimum absolute atomic E-state index is 0.116. The van der Waals surface area contributed by atoms with Crippen LogP contribution in [0.15, 0.2) is 0 Å². The lowest BCUT2D eigenvalue weighted by Gasteiger charge is -2.15. The maximum Gasteiger partial charge on any atom is 0.508 e. The van der Waals surface area contributed by atoms with E-state index < -0.39 is 24.5 Å². The Morgan fingerprint density at radius 1 is 0.900 bits per heavy atom. The number of rotatable bonds is 7. The molecule has 0 aromatic heterocycles. The van der Waals surface area contributed by atoms with Crippen LogP contribution in [0.25, 0.3) is 0 Å². The number of carbonyl (C=O) groups is 3. The standard InChI is InChI=1S/C12H20O8/c1-5-10(13)19-8(2)6-18-12(15)20-9(3)7-17-11(14)16-4/h8-9H,5-7H2,1-4H3. The number of ether oxygens (including phenoxy) is 5. The average molecular weight is 292 g/mol. The van der Waals surface area contributed by atoms with E-state index in [9.17, 15) is 14.4 Å². The smallest absolute Gasteiger partial charge is 0.459 e. The van der Waals surface area contributed by atoms with E-state index in [1.54, 1.807) is 13.8 Å². The summed E-state index contributed by atoms with van der Waals surface area (Å²) in [5.74, 6) is -0.380. The lowest BCUT2D eigenvalue weighted by molar-refractivity contribution is -0.150. The van der Waals surface area contributed by atoms with Crippen molar-refractivity contribution in [3.05, 3.63) is 0 Å². The first-order chi connectivity index (χ1) is 9.38. The fourth-order valence-corrected chi connectivity index (χ4v) is 1.00. The molecule has 2 atom stereocenters. The zero-order valence-electron chi connectivity index (χ0n) is 12.0. The van der Waals surface area contributed by atoms with Gasteiger partial charge in [0.2, 0.25) is 0 Å². The third-order valence-electron chi connectivity index (χ3n) is 1.96. The molecule has 116 valence electrons. The molecule has 0 aliphatic carbocycles. The van der Waals surface area contributed by atoms with Gasteiger partial charge in [-0.1, -0.05) is 6.92 Å². The second-order valence-corrected chi connectivity index (χ2v) is 3.91. The molecule has 0 saturated heterocycles. The van der Waals surface area contributed by atoms with E-state index in [4.69, 9.17) is 14.2 Å². The highest BCUT2D eigenvalue weighted by molar-refractivity contribution is 5.69. The molecular formula is C12H20O8. The molecule has 20 heavy (non-hydrogen) atoms. The highest BCUT2D eigenvalue weighted by Gasteiger charge is 2.15. The Hall–Kier alpha value is -1.99. The van der Waals surface area contributed by atoms with Gasteiger partial charge in [0.1, 0.15) is 25.4 Å². The summed E-state index contributed by atoms with van der Waals surface area (Å²) < 4.78 is 23.3. The normalized spacial score (nSPS) is 12.8.